The highest BCUT2D eigenvalue weighted by atomic mass is 32.2. The topological polar surface area (TPSA) is 106 Å². The molecule has 0 saturated carbocycles. The molecule has 1 aliphatic rings. The summed E-state index contributed by atoms with van der Waals surface area (Å²) in [6, 6.07) is 5.63. The average Bonchev–Trinajstić information content (AvgIpc) is 3.30. The molecule has 0 spiro atoms. The smallest absolute Gasteiger partial charge is 0.262 e. The molecule has 0 unspecified atom stereocenters. The summed E-state index contributed by atoms with van der Waals surface area (Å²) >= 11 is 1.38. The van der Waals surface area contributed by atoms with Crippen LogP contribution in [-0.4, -0.2) is 53.4 Å². The van der Waals surface area contributed by atoms with Gasteiger partial charge < -0.3 is 14.6 Å². The fraction of sp³-hybridized carbons (Fsp3) is 0.421. The number of carbonyl (C=O) groups is 1. The van der Waals surface area contributed by atoms with Crippen molar-refractivity contribution in [2.45, 2.75) is 24.8 Å². The molecule has 0 aliphatic carbocycles. The molecule has 11 heteroatoms. The Labute approximate surface area is 178 Å². The molecule has 4 rings (SSSR count). The monoisotopic (exact) mass is 449 g/mol. The number of nitrogens with one attached hydrogen (secondary N) is 1. The Morgan fingerprint density at radius 2 is 2.00 bits per heavy atom. The number of fused-ring (bicyclic) bond motifs is 1. The number of imidazole rings is 1. The molecule has 9 nitrogen and oxygen atoms in total. The number of carbonyl (C=O) groups excluding carboxylic acids is 1. The number of amides is 1. The van der Waals surface area contributed by atoms with Crippen LogP contribution >= 0.6 is 11.3 Å². The molecular formula is C19H23N5O4S2. The van der Waals surface area contributed by atoms with Crippen molar-refractivity contribution >= 4 is 42.6 Å². The van der Waals surface area contributed by atoms with Crippen LogP contribution in [-0.2, 0) is 21.9 Å². The number of hydrogen-bond acceptors (Lipinski definition) is 7. The number of thiazole rings is 1. The molecule has 1 N–H and O–H groups in total. The van der Waals surface area contributed by atoms with Gasteiger partial charge in [0.05, 0.1) is 11.8 Å². The van der Waals surface area contributed by atoms with Gasteiger partial charge in [-0.1, -0.05) is 17.4 Å². The minimum atomic E-state index is -3.65. The van der Waals surface area contributed by atoms with Crippen molar-refractivity contribution < 1.29 is 17.9 Å². The van der Waals surface area contributed by atoms with Crippen molar-refractivity contribution in [1.29, 1.82) is 0 Å². The van der Waals surface area contributed by atoms with Crippen molar-refractivity contribution in [2.75, 3.05) is 25.5 Å². The molecule has 0 radical (unpaired) electrons. The molecule has 3 heterocycles. The molecular weight excluding hydrogens is 426 g/mol. The number of benzene rings is 1. The third-order valence-corrected chi connectivity index (χ3v) is 8.05. The summed E-state index contributed by atoms with van der Waals surface area (Å²) in [6.07, 6.45) is 2.42. The molecule has 3 aromatic rings. The van der Waals surface area contributed by atoms with Crippen LogP contribution in [0.15, 0.2) is 29.4 Å². The standard InChI is InChI=1S/C19H23N5O4S2/c1-12-20-16(11-23(12)2)30(26,27)24-9-7-13(8-10-24)18(25)22-19-21-17-14(28-3)5-4-6-15(17)29-19/h4-6,11,13H,7-10H2,1-3H3,(H,21,22,25). The number of anilines is 1. The van der Waals surface area contributed by atoms with Crippen molar-refractivity contribution in [3.05, 3.63) is 30.2 Å². The number of rotatable bonds is 5. The van der Waals surface area contributed by atoms with Crippen LogP contribution < -0.4 is 10.1 Å². The SMILES string of the molecule is COc1cccc2sc(NC(=O)C3CCN(S(=O)(=O)c4cn(C)c(C)n4)CC3)nc12. The summed E-state index contributed by atoms with van der Waals surface area (Å²) in [5.41, 5.74) is 0.715. The number of sulfonamides is 1. The number of piperidine rings is 1. The first-order valence-corrected chi connectivity index (χ1v) is 11.8. The van der Waals surface area contributed by atoms with E-state index in [0.717, 1.165) is 4.70 Å². The third-order valence-electron chi connectivity index (χ3n) is 5.35. The minimum Gasteiger partial charge on any atom is -0.494 e. The van der Waals surface area contributed by atoms with E-state index in [1.54, 1.807) is 25.6 Å². The molecule has 0 atom stereocenters. The zero-order valence-electron chi connectivity index (χ0n) is 17.0. The van der Waals surface area contributed by atoms with E-state index in [9.17, 15) is 13.2 Å². The van der Waals surface area contributed by atoms with Crippen LogP contribution in [0.1, 0.15) is 18.7 Å². The average molecular weight is 450 g/mol. The molecule has 1 aromatic carbocycles. The molecule has 160 valence electrons. The van der Waals surface area contributed by atoms with Gasteiger partial charge in [0.25, 0.3) is 10.0 Å². The fourth-order valence-corrected chi connectivity index (χ4v) is 5.87. The second kappa shape index (κ2) is 7.97. The van der Waals surface area contributed by atoms with E-state index in [1.807, 2.05) is 18.2 Å². The number of para-hydroxylation sites is 1. The van der Waals surface area contributed by atoms with Crippen molar-refractivity contribution in [3.63, 3.8) is 0 Å². The van der Waals surface area contributed by atoms with Crippen LogP contribution in [0.3, 0.4) is 0 Å². The molecule has 1 saturated heterocycles. The number of aryl methyl sites for hydroxylation is 2. The molecule has 30 heavy (non-hydrogen) atoms. The number of methoxy groups -OCH3 is 1. The zero-order chi connectivity index (χ0) is 21.5. The highest BCUT2D eigenvalue weighted by Crippen LogP contribution is 2.33. The largest absolute Gasteiger partial charge is 0.494 e. The Morgan fingerprint density at radius 3 is 2.63 bits per heavy atom. The lowest BCUT2D eigenvalue weighted by Gasteiger charge is -2.29. The molecule has 2 aromatic heterocycles. The van der Waals surface area contributed by atoms with Gasteiger partial charge in [0.2, 0.25) is 5.91 Å². The fourth-order valence-electron chi connectivity index (χ4n) is 3.49. The summed E-state index contributed by atoms with van der Waals surface area (Å²) in [5, 5.41) is 3.44. The maximum Gasteiger partial charge on any atom is 0.262 e. The molecule has 1 amide bonds. The van der Waals surface area contributed by atoms with E-state index in [4.69, 9.17) is 4.74 Å². The van der Waals surface area contributed by atoms with Gasteiger partial charge in [0.15, 0.2) is 10.2 Å². The van der Waals surface area contributed by atoms with E-state index < -0.39 is 10.0 Å². The zero-order valence-corrected chi connectivity index (χ0v) is 18.6. The van der Waals surface area contributed by atoms with Crippen LogP contribution in [0.2, 0.25) is 0 Å². The highest BCUT2D eigenvalue weighted by Gasteiger charge is 2.33. The molecule has 1 fully saturated rings. The summed E-state index contributed by atoms with van der Waals surface area (Å²) in [4.78, 5) is 21.3. The summed E-state index contributed by atoms with van der Waals surface area (Å²) in [6.45, 7) is 2.32. The number of ether oxygens (including phenoxy) is 1. The Bertz CT molecular complexity index is 1170. The van der Waals surface area contributed by atoms with E-state index in [-0.39, 0.29) is 29.9 Å². The maximum atomic E-state index is 12.8. The second-order valence-corrected chi connectivity index (χ2v) is 10.1. The van der Waals surface area contributed by atoms with Crippen LogP contribution in [0.25, 0.3) is 10.2 Å². The summed E-state index contributed by atoms with van der Waals surface area (Å²) in [7, 11) is -0.308. The Kier molecular flexibility index (Phi) is 5.51. The van der Waals surface area contributed by atoms with E-state index in [2.05, 4.69) is 15.3 Å². The lowest BCUT2D eigenvalue weighted by Crippen LogP contribution is -2.41. The van der Waals surface area contributed by atoms with Crippen molar-refractivity contribution in [1.82, 2.24) is 18.8 Å². The van der Waals surface area contributed by atoms with Gasteiger partial charge in [-0.25, -0.2) is 18.4 Å². The van der Waals surface area contributed by atoms with Gasteiger partial charge in [-0.05, 0) is 31.9 Å². The van der Waals surface area contributed by atoms with Gasteiger partial charge in [0.1, 0.15) is 17.1 Å². The predicted molar refractivity (Wildman–Crippen MR) is 114 cm³/mol. The number of aromatic nitrogens is 3. The first-order chi connectivity index (χ1) is 14.3. The van der Waals surface area contributed by atoms with E-state index >= 15 is 0 Å². The Balaban J connectivity index is 1.41. The van der Waals surface area contributed by atoms with E-state index in [0.29, 0.717) is 35.1 Å². The lowest BCUT2D eigenvalue weighted by molar-refractivity contribution is -0.120. The van der Waals surface area contributed by atoms with Gasteiger partial charge in [-0.2, -0.15) is 4.31 Å². The quantitative estimate of drug-likeness (QED) is 0.641. The first kappa shape index (κ1) is 20.8. The number of nitrogens with zero attached hydrogens (tertiary/aromatic N) is 4. The van der Waals surface area contributed by atoms with Crippen LogP contribution in [0.4, 0.5) is 5.13 Å². The number of hydrogen-bond donors (Lipinski definition) is 1. The minimum absolute atomic E-state index is 0.0498. The van der Waals surface area contributed by atoms with Gasteiger partial charge in [-0.15, -0.1) is 0 Å². The molecule has 0 bridgehead atoms. The van der Waals surface area contributed by atoms with Crippen LogP contribution in [0.5, 0.6) is 5.75 Å². The first-order valence-electron chi connectivity index (χ1n) is 9.54. The normalized spacial score (nSPS) is 16.1. The second-order valence-electron chi connectivity index (χ2n) is 7.23. The maximum absolute atomic E-state index is 12.8. The van der Waals surface area contributed by atoms with Crippen molar-refractivity contribution in [2.24, 2.45) is 13.0 Å². The van der Waals surface area contributed by atoms with Gasteiger partial charge >= 0.3 is 0 Å². The molecule has 1 aliphatic heterocycles. The van der Waals surface area contributed by atoms with Crippen molar-refractivity contribution in [3.8, 4) is 5.75 Å². The lowest BCUT2D eigenvalue weighted by atomic mass is 9.97. The highest BCUT2D eigenvalue weighted by molar-refractivity contribution is 7.89. The van der Waals surface area contributed by atoms with Crippen LogP contribution in [0, 0.1) is 12.8 Å². The Hall–Kier alpha value is -2.50. The third kappa shape index (κ3) is 3.80. The Morgan fingerprint density at radius 1 is 1.27 bits per heavy atom. The predicted octanol–water partition coefficient (Wildman–Crippen LogP) is 2.39. The van der Waals surface area contributed by atoms with Gasteiger partial charge in [0, 0.05) is 32.3 Å². The summed E-state index contributed by atoms with van der Waals surface area (Å²) < 4.78 is 34.9. The van der Waals surface area contributed by atoms with E-state index in [1.165, 1.54) is 21.8 Å². The summed E-state index contributed by atoms with van der Waals surface area (Å²) in [5.74, 6) is 0.886. The van der Waals surface area contributed by atoms with Gasteiger partial charge in [-0.3, -0.25) is 4.79 Å².